The highest BCUT2D eigenvalue weighted by molar-refractivity contribution is 5.88. The second-order valence-corrected chi connectivity index (χ2v) is 5.31. The van der Waals surface area contributed by atoms with Gasteiger partial charge < -0.3 is 14.8 Å². The smallest absolute Gasteiger partial charge is 0.345 e. The van der Waals surface area contributed by atoms with Crippen LogP contribution < -0.4 is 14.8 Å². The van der Waals surface area contributed by atoms with Crippen LogP contribution in [-0.4, -0.2) is 38.5 Å². The molecule has 2 aromatic rings. The van der Waals surface area contributed by atoms with Crippen molar-refractivity contribution in [3.05, 3.63) is 54.1 Å². The third-order valence-electron chi connectivity index (χ3n) is 3.54. The molecule has 1 N–H and O–H groups in total. The molecule has 2 rings (SSSR count). The van der Waals surface area contributed by atoms with Crippen molar-refractivity contribution < 1.29 is 19.1 Å². The summed E-state index contributed by atoms with van der Waals surface area (Å²) in [6, 6.07) is 14.9. The zero-order valence-electron chi connectivity index (χ0n) is 14.8. The Labute approximate surface area is 148 Å². The number of nitrogens with zero attached hydrogens (tertiary/aromatic N) is 1. The van der Waals surface area contributed by atoms with E-state index in [0.29, 0.717) is 24.7 Å². The van der Waals surface area contributed by atoms with Crippen molar-refractivity contribution in [3.8, 4) is 11.5 Å². The van der Waals surface area contributed by atoms with E-state index < -0.39 is 0 Å². The fraction of sp³-hybridized carbons (Fsp3) is 0.316. The van der Waals surface area contributed by atoms with Crippen molar-refractivity contribution in [1.82, 2.24) is 5.06 Å². The number of hydroxylamine groups is 2. The largest absolute Gasteiger partial charge is 0.494 e. The second kappa shape index (κ2) is 9.54. The summed E-state index contributed by atoms with van der Waals surface area (Å²) in [4.78, 5) is 16.6. The van der Waals surface area contributed by atoms with Crippen LogP contribution in [0.2, 0.25) is 0 Å². The molecule has 0 saturated carbocycles. The van der Waals surface area contributed by atoms with Crippen LogP contribution in [0.15, 0.2) is 48.5 Å². The molecule has 2 amide bonds. The highest BCUT2D eigenvalue weighted by Crippen LogP contribution is 2.18. The van der Waals surface area contributed by atoms with Crippen molar-refractivity contribution in [2.45, 2.75) is 13.3 Å². The summed E-state index contributed by atoms with van der Waals surface area (Å²) < 4.78 is 11.2. The summed E-state index contributed by atoms with van der Waals surface area (Å²) in [5, 5.41) is 3.84. The normalized spacial score (nSPS) is 10.2. The lowest BCUT2D eigenvalue weighted by molar-refractivity contribution is -0.0598. The molecule has 0 atom stereocenters. The van der Waals surface area contributed by atoms with Gasteiger partial charge in [0.15, 0.2) is 0 Å². The van der Waals surface area contributed by atoms with Crippen LogP contribution in [0.4, 0.5) is 10.5 Å². The number of hydrogen-bond acceptors (Lipinski definition) is 4. The molecule has 0 aromatic heterocycles. The summed E-state index contributed by atoms with van der Waals surface area (Å²) in [6.07, 6.45) is 0.787. The van der Waals surface area contributed by atoms with Crippen LogP contribution in [0.1, 0.15) is 12.5 Å². The monoisotopic (exact) mass is 344 g/mol. The number of carbonyl (C=O) groups excluding carboxylic acids is 1. The Morgan fingerprint density at radius 3 is 2.52 bits per heavy atom. The Morgan fingerprint density at radius 1 is 1.08 bits per heavy atom. The molecule has 0 radical (unpaired) electrons. The third kappa shape index (κ3) is 6.00. The fourth-order valence-electron chi connectivity index (χ4n) is 2.15. The van der Waals surface area contributed by atoms with Gasteiger partial charge in [0.2, 0.25) is 0 Å². The van der Waals surface area contributed by atoms with E-state index >= 15 is 0 Å². The maximum atomic E-state index is 11.8. The number of anilines is 1. The first-order chi connectivity index (χ1) is 12.1. The number of amides is 2. The van der Waals surface area contributed by atoms with Crippen LogP contribution in [0, 0.1) is 0 Å². The number of benzene rings is 2. The first-order valence-corrected chi connectivity index (χ1v) is 8.15. The van der Waals surface area contributed by atoms with Crippen molar-refractivity contribution in [1.29, 1.82) is 0 Å². The van der Waals surface area contributed by atoms with Crippen LogP contribution in [0.5, 0.6) is 11.5 Å². The van der Waals surface area contributed by atoms with E-state index in [0.717, 1.165) is 17.2 Å². The van der Waals surface area contributed by atoms with Crippen LogP contribution in [-0.2, 0) is 11.3 Å². The number of carbonyl (C=O) groups is 1. The number of rotatable bonds is 8. The van der Waals surface area contributed by atoms with E-state index in [-0.39, 0.29) is 6.03 Å². The Bertz CT molecular complexity index is 673. The van der Waals surface area contributed by atoms with E-state index in [2.05, 4.69) is 5.32 Å². The van der Waals surface area contributed by atoms with Gasteiger partial charge in [0, 0.05) is 25.2 Å². The predicted octanol–water partition coefficient (Wildman–Crippen LogP) is 3.73. The van der Waals surface area contributed by atoms with E-state index in [1.165, 1.54) is 19.7 Å². The third-order valence-corrected chi connectivity index (χ3v) is 3.54. The molecule has 0 bridgehead atoms. The molecule has 0 fully saturated rings. The lowest BCUT2D eigenvalue weighted by Crippen LogP contribution is -2.30. The SMILES string of the molecule is CCOc1ccc(CCOc2cccc(NC(=O)N(C)OC)c2)cc1. The van der Waals surface area contributed by atoms with Gasteiger partial charge in [0.25, 0.3) is 0 Å². The lowest BCUT2D eigenvalue weighted by Gasteiger charge is -2.15. The van der Waals surface area contributed by atoms with Crippen molar-refractivity contribution in [2.75, 3.05) is 32.7 Å². The molecule has 0 spiro atoms. The fourth-order valence-corrected chi connectivity index (χ4v) is 2.15. The van der Waals surface area contributed by atoms with Crippen molar-refractivity contribution in [3.63, 3.8) is 0 Å². The van der Waals surface area contributed by atoms with Gasteiger partial charge in [0.1, 0.15) is 11.5 Å². The van der Waals surface area contributed by atoms with Gasteiger partial charge in [-0.2, -0.15) is 0 Å². The van der Waals surface area contributed by atoms with Gasteiger partial charge in [0.05, 0.1) is 20.3 Å². The molecule has 0 aliphatic heterocycles. The number of urea groups is 1. The van der Waals surface area contributed by atoms with Gasteiger partial charge in [-0.1, -0.05) is 18.2 Å². The molecule has 134 valence electrons. The molecule has 6 nitrogen and oxygen atoms in total. The lowest BCUT2D eigenvalue weighted by atomic mass is 10.1. The zero-order valence-corrected chi connectivity index (χ0v) is 14.8. The average molecular weight is 344 g/mol. The summed E-state index contributed by atoms with van der Waals surface area (Å²) in [5.74, 6) is 1.57. The van der Waals surface area contributed by atoms with Crippen LogP contribution in [0.25, 0.3) is 0 Å². The highest BCUT2D eigenvalue weighted by atomic mass is 16.7. The maximum absolute atomic E-state index is 11.8. The molecular formula is C19H24N2O4. The Hall–Kier alpha value is -2.73. The van der Waals surface area contributed by atoms with E-state index in [1.807, 2.05) is 43.3 Å². The quantitative estimate of drug-likeness (QED) is 0.741. The number of hydrogen-bond donors (Lipinski definition) is 1. The average Bonchev–Trinajstić information content (AvgIpc) is 2.63. The summed E-state index contributed by atoms with van der Waals surface area (Å²) >= 11 is 0. The highest BCUT2D eigenvalue weighted by Gasteiger charge is 2.08. The molecule has 2 aromatic carbocycles. The molecule has 0 unspecified atom stereocenters. The molecular weight excluding hydrogens is 320 g/mol. The zero-order chi connectivity index (χ0) is 18.1. The second-order valence-electron chi connectivity index (χ2n) is 5.31. The first-order valence-electron chi connectivity index (χ1n) is 8.15. The Morgan fingerprint density at radius 2 is 1.84 bits per heavy atom. The van der Waals surface area contributed by atoms with Crippen molar-refractivity contribution >= 4 is 11.7 Å². The molecule has 0 aliphatic rings. The molecule has 0 heterocycles. The summed E-state index contributed by atoms with van der Waals surface area (Å²) in [5.41, 5.74) is 1.82. The number of ether oxygens (including phenoxy) is 2. The van der Waals surface area contributed by atoms with E-state index in [9.17, 15) is 4.79 Å². The molecule has 0 saturated heterocycles. The van der Waals surface area contributed by atoms with Crippen LogP contribution in [0.3, 0.4) is 0 Å². The minimum absolute atomic E-state index is 0.353. The van der Waals surface area contributed by atoms with Gasteiger partial charge in [-0.05, 0) is 36.8 Å². The van der Waals surface area contributed by atoms with Gasteiger partial charge in [-0.3, -0.25) is 4.84 Å². The van der Waals surface area contributed by atoms with E-state index in [1.54, 1.807) is 12.1 Å². The van der Waals surface area contributed by atoms with Crippen molar-refractivity contribution in [2.24, 2.45) is 0 Å². The van der Waals surface area contributed by atoms with E-state index in [4.69, 9.17) is 14.3 Å². The standard InChI is InChI=1S/C19H24N2O4/c1-4-24-17-10-8-15(9-11-17)12-13-25-18-7-5-6-16(14-18)20-19(22)21(2)23-3/h5-11,14H,4,12-13H2,1-3H3,(H,20,22). The topological polar surface area (TPSA) is 60.0 Å². The molecule has 0 aliphatic carbocycles. The molecule has 6 heteroatoms. The summed E-state index contributed by atoms with van der Waals surface area (Å²) in [6.45, 7) is 3.17. The minimum Gasteiger partial charge on any atom is -0.494 e. The minimum atomic E-state index is -0.353. The first kappa shape index (κ1) is 18.6. The van der Waals surface area contributed by atoms with Gasteiger partial charge in [-0.15, -0.1) is 0 Å². The maximum Gasteiger partial charge on any atom is 0.345 e. The predicted molar refractivity (Wildman–Crippen MR) is 97.0 cm³/mol. The summed E-state index contributed by atoms with van der Waals surface area (Å²) in [7, 11) is 2.96. The van der Waals surface area contributed by atoms with Crippen LogP contribution >= 0.6 is 0 Å². The Kier molecular flexibility index (Phi) is 7.10. The van der Waals surface area contributed by atoms with Gasteiger partial charge in [-0.25, -0.2) is 9.86 Å². The number of nitrogens with one attached hydrogen (secondary N) is 1. The molecule has 25 heavy (non-hydrogen) atoms. The van der Waals surface area contributed by atoms with Gasteiger partial charge >= 0.3 is 6.03 Å². The Balaban J connectivity index is 1.84.